The Morgan fingerprint density at radius 1 is 1.22 bits per heavy atom. The van der Waals surface area contributed by atoms with Crippen molar-refractivity contribution in [2.45, 2.75) is 57.6 Å². The molecule has 1 heterocycles. The number of likely N-dealkylation sites (N-methyl/N-ethyl adjacent to an activating group) is 1. The molecule has 4 heteroatoms. The lowest BCUT2D eigenvalue weighted by Crippen LogP contribution is -2.55. The Labute approximate surface area is 137 Å². The van der Waals surface area contributed by atoms with E-state index < -0.39 is 11.6 Å². The van der Waals surface area contributed by atoms with Crippen LogP contribution in [0.3, 0.4) is 0 Å². The molecule has 1 amide bonds. The number of cyclic esters (lactones) is 1. The highest BCUT2D eigenvalue weighted by molar-refractivity contribution is 5.97. The second-order valence-corrected chi connectivity index (χ2v) is 7.28. The SMILES string of the molecule is CC1CCC(N(C)C(=O)C2(C)Cc3ccccc3C(=O)O2)CC1. The van der Waals surface area contributed by atoms with Gasteiger partial charge in [-0.25, -0.2) is 4.79 Å². The van der Waals surface area contributed by atoms with Gasteiger partial charge in [0, 0.05) is 19.5 Å². The van der Waals surface area contributed by atoms with Gasteiger partial charge in [0.25, 0.3) is 5.91 Å². The molecule has 0 radical (unpaired) electrons. The molecule has 1 atom stereocenters. The Hall–Kier alpha value is -1.84. The van der Waals surface area contributed by atoms with Crippen LogP contribution in [0.1, 0.15) is 55.5 Å². The van der Waals surface area contributed by atoms with E-state index in [9.17, 15) is 9.59 Å². The summed E-state index contributed by atoms with van der Waals surface area (Å²) in [7, 11) is 1.85. The smallest absolute Gasteiger partial charge is 0.339 e. The van der Waals surface area contributed by atoms with Crippen molar-refractivity contribution >= 4 is 11.9 Å². The summed E-state index contributed by atoms with van der Waals surface area (Å²) in [6, 6.07) is 7.64. The molecule has 1 aliphatic heterocycles. The lowest BCUT2D eigenvalue weighted by Gasteiger charge is -2.40. The molecule has 1 aromatic carbocycles. The molecule has 0 spiro atoms. The summed E-state index contributed by atoms with van der Waals surface area (Å²) in [5.74, 6) is 0.262. The van der Waals surface area contributed by atoms with Gasteiger partial charge in [0.2, 0.25) is 0 Å². The second-order valence-electron chi connectivity index (χ2n) is 7.28. The number of carbonyl (C=O) groups excluding carboxylic acids is 2. The molecule has 1 aromatic rings. The van der Waals surface area contributed by atoms with Crippen LogP contribution in [0.4, 0.5) is 0 Å². The Kier molecular flexibility index (Phi) is 4.17. The first kappa shape index (κ1) is 16.0. The first-order valence-corrected chi connectivity index (χ1v) is 8.49. The number of hydrogen-bond acceptors (Lipinski definition) is 3. The highest BCUT2D eigenvalue weighted by atomic mass is 16.6. The quantitative estimate of drug-likeness (QED) is 0.787. The minimum atomic E-state index is -1.09. The summed E-state index contributed by atoms with van der Waals surface area (Å²) >= 11 is 0. The summed E-state index contributed by atoms with van der Waals surface area (Å²) < 4.78 is 5.57. The van der Waals surface area contributed by atoms with Gasteiger partial charge in [-0.15, -0.1) is 0 Å². The van der Waals surface area contributed by atoms with Crippen LogP contribution in [0.2, 0.25) is 0 Å². The molecule has 1 aliphatic carbocycles. The van der Waals surface area contributed by atoms with E-state index in [0.717, 1.165) is 37.2 Å². The van der Waals surface area contributed by atoms with Crippen molar-refractivity contribution in [3.63, 3.8) is 0 Å². The summed E-state index contributed by atoms with van der Waals surface area (Å²) in [5.41, 5.74) is 0.376. The average molecular weight is 315 g/mol. The van der Waals surface area contributed by atoms with Crippen LogP contribution >= 0.6 is 0 Å². The van der Waals surface area contributed by atoms with Gasteiger partial charge in [-0.1, -0.05) is 25.1 Å². The van der Waals surface area contributed by atoms with E-state index >= 15 is 0 Å². The topological polar surface area (TPSA) is 46.6 Å². The molecule has 0 saturated heterocycles. The van der Waals surface area contributed by atoms with E-state index in [1.807, 2.05) is 30.1 Å². The van der Waals surface area contributed by atoms with Crippen LogP contribution in [0.15, 0.2) is 24.3 Å². The first-order valence-electron chi connectivity index (χ1n) is 8.49. The van der Waals surface area contributed by atoms with Crippen LogP contribution in [-0.4, -0.2) is 35.5 Å². The molecule has 4 nitrogen and oxygen atoms in total. The zero-order valence-corrected chi connectivity index (χ0v) is 14.2. The second kappa shape index (κ2) is 5.99. The fraction of sp³-hybridized carbons (Fsp3) is 0.579. The van der Waals surface area contributed by atoms with Gasteiger partial charge in [0.15, 0.2) is 5.60 Å². The fourth-order valence-corrected chi connectivity index (χ4v) is 3.82. The van der Waals surface area contributed by atoms with Crippen LogP contribution in [0.5, 0.6) is 0 Å². The zero-order valence-electron chi connectivity index (χ0n) is 14.2. The standard InChI is InChI=1S/C19H25NO3/c1-13-8-10-15(11-9-13)20(3)18(22)19(2)12-14-6-4-5-7-16(14)17(21)23-19/h4-7,13,15H,8-12H2,1-3H3. The number of benzene rings is 1. The third kappa shape index (κ3) is 2.99. The van der Waals surface area contributed by atoms with Crippen molar-refractivity contribution in [1.82, 2.24) is 4.90 Å². The highest BCUT2D eigenvalue weighted by Crippen LogP contribution is 2.32. The largest absolute Gasteiger partial charge is 0.445 e. The molecule has 3 rings (SSSR count). The monoisotopic (exact) mass is 315 g/mol. The zero-order chi connectivity index (χ0) is 16.6. The average Bonchev–Trinajstić information content (AvgIpc) is 2.54. The third-order valence-electron chi connectivity index (χ3n) is 5.39. The lowest BCUT2D eigenvalue weighted by molar-refractivity contribution is -0.152. The molecule has 0 N–H and O–H groups in total. The van der Waals surface area contributed by atoms with Crippen LogP contribution in [0.25, 0.3) is 0 Å². The maximum atomic E-state index is 13.0. The summed E-state index contributed by atoms with van der Waals surface area (Å²) in [6.07, 6.45) is 4.82. The minimum absolute atomic E-state index is 0.0834. The van der Waals surface area contributed by atoms with E-state index in [4.69, 9.17) is 4.74 Å². The highest BCUT2D eigenvalue weighted by Gasteiger charge is 2.45. The van der Waals surface area contributed by atoms with E-state index in [1.54, 1.807) is 13.0 Å². The van der Waals surface area contributed by atoms with Gasteiger partial charge in [0.1, 0.15) is 0 Å². The maximum Gasteiger partial charge on any atom is 0.339 e. The molecule has 23 heavy (non-hydrogen) atoms. The number of nitrogens with zero attached hydrogens (tertiary/aromatic N) is 1. The van der Waals surface area contributed by atoms with E-state index in [1.165, 1.54) is 0 Å². The van der Waals surface area contributed by atoms with Gasteiger partial charge in [-0.2, -0.15) is 0 Å². The number of carbonyl (C=O) groups is 2. The molecule has 1 unspecified atom stereocenters. The van der Waals surface area contributed by atoms with Gasteiger partial charge in [0.05, 0.1) is 5.56 Å². The van der Waals surface area contributed by atoms with Crippen molar-refractivity contribution in [1.29, 1.82) is 0 Å². The number of fused-ring (bicyclic) bond motifs is 1. The van der Waals surface area contributed by atoms with Gasteiger partial charge in [-0.05, 0) is 50.2 Å². The normalized spacial score (nSPS) is 30.3. The van der Waals surface area contributed by atoms with Gasteiger partial charge < -0.3 is 9.64 Å². The number of rotatable bonds is 2. The Morgan fingerprint density at radius 2 is 1.87 bits per heavy atom. The summed E-state index contributed by atoms with van der Waals surface area (Å²) in [5, 5.41) is 0. The van der Waals surface area contributed by atoms with E-state index in [0.29, 0.717) is 12.0 Å². The van der Waals surface area contributed by atoms with E-state index in [2.05, 4.69) is 6.92 Å². The molecule has 1 saturated carbocycles. The van der Waals surface area contributed by atoms with Crippen LogP contribution in [-0.2, 0) is 16.0 Å². The minimum Gasteiger partial charge on any atom is -0.445 e. The molecular formula is C19H25NO3. The number of esters is 1. The van der Waals surface area contributed by atoms with Crippen molar-refractivity contribution < 1.29 is 14.3 Å². The lowest BCUT2D eigenvalue weighted by atomic mass is 9.85. The van der Waals surface area contributed by atoms with Crippen molar-refractivity contribution in [2.24, 2.45) is 5.92 Å². The number of amides is 1. The molecule has 1 fully saturated rings. The molecule has 2 aliphatic rings. The first-order chi connectivity index (χ1) is 10.9. The predicted octanol–water partition coefficient (Wildman–Crippen LogP) is 3.20. The van der Waals surface area contributed by atoms with Crippen molar-refractivity contribution in [2.75, 3.05) is 7.05 Å². The van der Waals surface area contributed by atoms with E-state index in [-0.39, 0.29) is 11.9 Å². The van der Waals surface area contributed by atoms with Crippen molar-refractivity contribution in [3.05, 3.63) is 35.4 Å². The maximum absolute atomic E-state index is 13.0. The molecule has 124 valence electrons. The Morgan fingerprint density at radius 3 is 2.57 bits per heavy atom. The predicted molar refractivity (Wildman–Crippen MR) is 88.2 cm³/mol. The third-order valence-corrected chi connectivity index (χ3v) is 5.39. The fourth-order valence-electron chi connectivity index (χ4n) is 3.82. The Balaban J connectivity index is 1.78. The van der Waals surface area contributed by atoms with Crippen LogP contribution < -0.4 is 0 Å². The summed E-state index contributed by atoms with van der Waals surface area (Å²) in [4.78, 5) is 27.1. The van der Waals surface area contributed by atoms with Crippen molar-refractivity contribution in [3.8, 4) is 0 Å². The molecule has 0 aromatic heterocycles. The van der Waals surface area contributed by atoms with Crippen LogP contribution in [0, 0.1) is 5.92 Å². The molecule has 0 bridgehead atoms. The van der Waals surface area contributed by atoms with Gasteiger partial charge in [-0.3, -0.25) is 4.79 Å². The number of ether oxygens (including phenoxy) is 1. The molecular weight excluding hydrogens is 290 g/mol. The van der Waals surface area contributed by atoms with Gasteiger partial charge >= 0.3 is 5.97 Å². The number of hydrogen-bond donors (Lipinski definition) is 0. The summed E-state index contributed by atoms with van der Waals surface area (Å²) in [6.45, 7) is 4.00. The Bertz CT molecular complexity index is 619.